The van der Waals surface area contributed by atoms with Crippen LogP contribution in [0.4, 0.5) is 16.0 Å². The van der Waals surface area contributed by atoms with Gasteiger partial charge in [-0.05, 0) is 64.3 Å². The quantitative estimate of drug-likeness (QED) is 0.524. The molecule has 32 heavy (non-hydrogen) atoms. The minimum absolute atomic E-state index is 0.0976. The van der Waals surface area contributed by atoms with E-state index >= 15 is 0 Å². The van der Waals surface area contributed by atoms with Crippen LogP contribution in [0.15, 0.2) is 54.6 Å². The Morgan fingerprint density at radius 3 is 2.28 bits per heavy atom. The molecule has 2 aromatic carbocycles. The summed E-state index contributed by atoms with van der Waals surface area (Å²) in [5.74, 6) is -0.0694. The van der Waals surface area contributed by atoms with E-state index in [9.17, 15) is 9.18 Å². The molecule has 6 heteroatoms. The highest BCUT2D eigenvalue weighted by molar-refractivity contribution is 6.10. The van der Waals surface area contributed by atoms with E-state index in [4.69, 9.17) is 9.97 Å². The van der Waals surface area contributed by atoms with Crippen molar-refractivity contribution >= 4 is 17.5 Å². The van der Waals surface area contributed by atoms with Crippen molar-refractivity contribution in [1.29, 1.82) is 0 Å². The fourth-order valence-electron chi connectivity index (χ4n) is 4.26. The number of hydrogen-bond donors (Lipinski definition) is 0. The molecule has 1 fully saturated rings. The third-order valence-electron chi connectivity index (χ3n) is 5.83. The first-order valence-electron chi connectivity index (χ1n) is 11.2. The van der Waals surface area contributed by atoms with Crippen LogP contribution in [0.2, 0.25) is 0 Å². The van der Waals surface area contributed by atoms with Gasteiger partial charge in [-0.2, -0.15) is 0 Å². The maximum Gasteiger partial charge on any atom is 0.262 e. The molecule has 0 N–H and O–H groups in total. The first-order chi connectivity index (χ1) is 15.5. The molecule has 0 aliphatic carbocycles. The topological polar surface area (TPSA) is 49.3 Å². The number of carbonyl (C=O) groups excluding carboxylic acids is 1. The van der Waals surface area contributed by atoms with Gasteiger partial charge in [0.2, 0.25) is 5.95 Å². The standard InChI is InChI=1S/C26H29FN4O/c1-18(2)31(20-12-6-4-7-13-20)25(32)23-19(3)28-26(30-16-10-5-11-17-30)29-24(23)21-14-8-9-15-22(21)27/h4,6-9,12-15,18H,5,10-11,16-17H2,1-3H3. The van der Waals surface area contributed by atoms with Crippen LogP contribution in [-0.2, 0) is 0 Å². The second-order valence-corrected chi connectivity index (χ2v) is 8.46. The molecule has 1 amide bonds. The summed E-state index contributed by atoms with van der Waals surface area (Å²) in [4.78, 5) is 27.2. The molecule has 1 aliphatic heterocycles. The molecule has 0 saturated carbocycles. The Morgan fingerprint density at radius 1 is 0.969 bits per heavy atom. The average molecular weight is 433 g/mol. The Bertz CT molecular complexity index is 1090. The molecule has 0 bridgehead atoms. The van der Waals surface area contributed by atoms with Crippen LogP contribution in [0.3, 0.4) is 0 Å². The van der Waals surface area contributed by atoms with Gasteiger partial charge in [-0.3, -0.25) is 4.79 Å². The third-order valence-corrected chi connectivity index (χ3v) is 5.83. The van der Waals surface area contributed by atoms with Gasteiger partial charge in [0.25, 0.3) is 5.91 Å². The predicted molar refractivity (Wildman–Crippen MR) is 127 cm³/mol. The van der Waals surface area contributed by atoms with Crippen molar-refractivity contribution in [3.8, 4) is 11.3 Å². The van der Waals surface area contributed by atoms with Crippen molar-refractivity contribution < 1.29 is 9.18 Å². The summed E-state index contributed by atoms with van der Waals surface area (Å²) in [6, 6.07) is 15.9. The van der Waals surface area contributed by atoms with Crippen LogP contribution in [-0.4, -0.2) is 35.0 Å². The molecular formula is C26H29FN4O. The lowest BCUT2D eigenvalue weighted by Crippen LogP contribution is -2.38. The lowest BCUT2D eigenvalue weighted by molar-refractivity contribution is 0.0979. The van der Waals surface area contributed by atoms with E-state index in [0.29, 0.717) is 28.5 Å². The summed E-state index contributed by atoms with van der Waals surface area (Å²) in [6.07, 6.45) is 3.34. The van der Waals surface area contributed by atoms with Crippen molar-refractivity contribution in [3.05, 3.63) is 71.7 Å². The molecule has 166 valence electrons. The van der Waals surface area contributed by atoms with Crippen molar-refractivity contribution in [2.24, 2.45) is 0 Å². The number of carbonyl (C=O) groups is 1. The second-order valence-electron chi connectivity index (χ2n) is 8.46. The largest absolute Gasteiger partial charge is 0.341 e. The number of para-hydroxylation sites is 1. The van der Waals surface area contributed by atoms with Crippen molar-refractivity contribution in [1.82, 2.24) is 9.97 Å². The molecule has 1 aliphatic rings. The summed E-state index contributed by atoms with van der Waals surface area (Å²) in [5, 5.41) is 0. The van der Waals surface area contributed by atoms with Crippen LogP contribution in [0.1, 0.15) is 49.2 Å². The molecule has 0 atom stereocenters. The lowest BCUT2D eigenvalue weighted by Gasteiger charge is -2.30. The lowest BCUT2D eigenvalue weighted by atomic mass is 10.0. The van der Waals surface area contributed by atoms with Crippen LogP contribution in [0, 0.1) is 12.7 Å². The van der Waals surface area contributed by atoms with Gasteiger partial charge in [0.05, 0.1) is 17.0 Å². The van der Waals surface area contributed by atoms with Gasteiger partial charge >= 0.3 is 0 Å². The number of piperidine rings is 1. The Morgan fingerprint density at radius 2 is 1.62 bits per heavy atom. The Labute approximate surface area is 188 Å². The van der Waals surface area contributed by atoms with Gasteiger partial charge in [-0.25, -0.2) is 14.4 Å². The minimum atomic E-state index is -0.403. The van der Waals surface area contributed by atoms with E-state index < -0.39 is 5.82 Å². The van der Waals surface area contributed by atoms with E-state index in [1.165, 1.54) is 12.5 Å². The molecule has 2 heterocycles. The van der Waals surface area contributed by atoms with Crippen molar-refractivity contribution in [3.63, 3.8) is 0 Å². The van der Waals surface area contributed by atoms with Crippen LogP contribution < -0.4 is 9.80 Å². The molecule has 0 spiro atoms. The Balaban J connectivity index is 1.88. The molecule has 1 saturated heterocycles. The van der Waals surface area contributed by atoms with E-state index in [2.05, 4.69) is 4.90 Å². The van der Waals surface area contributed by atoms with Gasteiger partial charge in [-0.1, -0.05) is 30.3 Å². The van der Waals surface area contributed by atoms with E-state index in [-0.39, 0.29) is 11.9 Å². The number of amides is 1. The number of benzene rings is 2. The van der Waals surface area contributed by atoms with E-state index in [0.717, 1.165) is 31.6 Å². The first-order valence-corrected chi connectivity index (χ1v) is 11.2. The second kappa shape index (κ2) is 9.47. The number of anilines is 2. The normalized spacial score (nSPS) is 14.0. The smallest absolute Gasteiger partial charge is 0.262 e. The maximum atomic E-state index is 14.9. The number of halogens is 1. The van der Waals surface area contributed by atoms with Crippen LogP contribution in [0.25, 0.3) is 11.3 Å². The van der Waals surface area contributed by atoms with Gasteiger partial charge in [0.15, 0.2) is 0 Å². The maximum absolute atomic E-state index is 14.9. The summed E-state index contributed by atoms with van der Waals surface area (Å²) in [6.45, 7) is 7.48. The average Bonchev–Trinajstić information content (AvgIpc) is 2.80. The van der Waals surface area contributed by atoms with Crippen LogP contribution in [0.5, 0.6) is 0 Å². The van der Waals surface area contributed by atoms with Gasteiger partial charge in [0.1, 0.15) is 5.82 Å². The van der Waals surface area contributed by atoms with Crippen LogP contribution >= 0.6 is 0 Å². The van der Waals surface area contributed by atoms with Crippen molar-refractivity contribution in [2.75, 3.05) is 22.9 Å². The van der Waals surface area contributed by atoms with E-state index in [1.807, 2.05) is 51.1 Å². The summed E-state index contributed by atoms with van der Waals surface area (Å²) >= 11 is 0. The highest BCUT2D eigenvalue weighted by Crippen LogP contribution is 2.31. The highest BCUT2D eigenvalue weighted by Gasteiger charge is 2.29. The fourth-order valence-corrected chi connectivity index (χ4v) is 4.26. The summed E-state index contributed by atoms with van der Waals surface area (Å²) in [7, 11) is 0. The molecule has 1 aromatic heterocycles. The minimum Gasteiger partial charge on any atom is -0.341 e. The molecule has 5 nitrogen and oxygen atoms in total. The number of rotatable bonds is 5. The molecule has 0 unspecified atom stereocenters. The molecular weight excluding hydrogens is 403 g/mol. The zero-order valence-corrected chi connectivity index (χ0v) is 18.9. The molecule has 4 rings (SSSR count). The molecule has 3 aromatic rings. The van der Waals surface area contributed by atoms with Gasteiger partial charge in [0, 0.05) is 30.4 Å². The SMILES string of the molecule is Cc1nc(N2CCCCC2)nc(-c2ccccc2F)c1C(=O)N(c1ccccc1)C(C)C. The first kappa shape index (κ1) is 21.9. The summed E-state index contributed by atoms with van der Waals surface area (Å²) in [5.41, 5.74) is 2.35. The zero-order valence-electron chi connectivity index (χ0n) is 18.9. The Kier molecular flexibility index (Phi) is 6.49. The monoisotopic (exact) mass is 432 g/mol. The van der Waals surface area contributed by atoms with E-state index in [1.54, 1.807) is 23.1 Å². The Hall–Kier alpha value is -3.28. The van der Waals surface area contributed by atoms with Gasteiger partial charge in [-0.15, -0.1) is 0 Å². The third kappa shape index (κ3) is 4.35. The molecule has 0 radical (unpaired) electrons. The highest BCUT2D eigenvalue weighted by atomic mass is 19.1. The number of hydrogen-bond acceptors (Lipinski definition) is 4. The predicted octanol–water partition coefficient (Wildman–Crippen LogP) is 5.64. The zero-order chi connectivity index (χ0) is 22.7. The van der Waals surface area contributed by atoms with Gasteiger partial charge < -0.3 is 9.80 Å². The summed E-state index contributed by atoms with van der Waals surface area (Å²) < 4.78 is 14.9. The number of nitrogens with zero attached hydrogens (tertiary/aromatic N) is 4. The van der Waals surface area contributed by atoms with Crippen molar-refractivity contribution in [2.45, 2.75) is 46.1 Å². The fraction of sp³-hybridized carbons (Fsp3) is 0.346. The number of aromatic nitrogens is 2. The number of aryl methyl sites for hydroxylation is 1.